The zero-order valence-corrected chi connectivity index (χ0v) is 21.2. The highest BCUT2D eigenvalue weighted by molar-refractivity contribution is 5.89. The fourth-order valence-corrected chi connectivity index (χ4v) is 4.79. The molecule has 2 heterocycles. The van der Waals surface area contributed by atoms with Gasteiger partial charge in [-0.1, -0.05) is 54.6 Å². The van der Waals surface area contributed by atoms with Crippen molar-refractivity contribution in [2.45, 2.75) is 43.4 Å². The summed E-state index contributed by atoms with van der Waals surface area (Å²) in [6.45, 7) is -0.733. The molecule has 8 unspecified atom stereocenters. The van der Waals surface area contributed by atoms with Gasteiger partial charge >= 0.3 is 11.9 Å². The molecular formula is C28H32O11. The van der Waals surface area contributed by atoms with Crippen molar-refractivity contribution in [1.82, 2.24) is 0 Å². The molecule has 39 heavy (non-hydrogen) atoms. The van der Waals surface area contributed by atoms with E-state index in [0.717, 1.165) is 5.56 Å². The molecule has 11 nitrogen and oxygen atoms in total. The van der Waals surface area contributed by atoms with Gasteiger partial charge in [-0.2, -0.15) is 0 Å². The maximum absolute atomic E-state index is 12.4. The lowest BCUT2D eigenvalue weighted by Gasteiger charge is -2.42. The molecule has 1 aromatic carbocycles. The lowest BCUT2D eigenvalue weighted by Crippen LogP contribution is -2.60. The van der Waals surface area contributed by atoms with Gasteiger partial charge in [0.25, 0.3) is 0 Å². The first-order valence-corrected chi connectivity index (χ1v) is 12.5. The number of fused-ring (bicyclic) bond motifs is 1. The predicted octanol–water partition coefficient (Wildman–Crippen LogP) is 0.591. The fraction of sp³-hybridized carbons (Fsp3) is 0.429. The number of esters is 2. The third-order valence-corrected chi connectivity index (χ3v) is 6.87. The van der Waals surface area contributed by atoms with Crippen molar-refractivity contribution in [1.29, 1.82) is 0 Å². The van der Waals surface area contributed by atoms with E-state index in [1.807, 2.05) is 42.5 Å². The number of hydrogen-bond donors (Lipinski definition) is 4. The Morgan fingerprint density at radius 1 is 1.05 bits per heavy atom. The Hall–Kier alpha value is -3.32. The van der Waals surface area contributed by atoms with E-state index in [0.29, 0.717) is 12.0 Å². The van der Waals surface area contributed by atoms with Crippen LogP contribution in [0, 0.1) is 11.8 Å². The summed E-state index contributed by atoms with van der Waals surface area (Å²) >= 11 is 0. The van der Waals surface area contributed by atoms with Crippen LogP contribution in [0.15, 0.2) is 72.0 Å². The maximum atomic E-state index is 12.4. The van der Waals surface area contributed by atoms with Crippen LogP contribution >= 0.6 is 0 Å². The molecule has 1 aliphatic carbocycles. The normalized spacial score (nSPS) is 32.3. The minimum absolute atomic E-state index is 0.112. The van der Waals surface area contributed by atoms with Crippen molar-refractivity contribution < 1.29 is 53.7 Å². The first kappa shape index (κ1) is 28.7. The highest BCUT2D eigenvalue weighted by Gasteiger charge is 2.50. The lowest BCUT2D eigenvalue weighted by atomic mass is 9.83. The molecule has 11 heteroatoms. The first-order valence-electron chi connectivity index (χ1n) is 12.5. The zero-order chi connectivity index (χ0) is 27.9. The molecule has 4 N–H and O–H groups in total. The largest absolute Gasteiger partial charge is 0.471 e. The molecule has 8 atom stereocenters. The molecule has 3 aliphatic rings. The van der Waals surface area contributed by atoms with Gasteiger partial charge in [-0.25, -0.2) is 9.59 Å². The average molecular weight is 545 g/mol. The Kier molecular flexibility index (Phi) is 9.68. The Bertz CT molecular complexity index is 1120. The summed E-state index contributed by atoms with van der Waals surface area (Å²) < 4.78 is 27.3. The van der Waals surface area contributed by atoms with Crippen molar-refractivity contribution >= 4 is 18.0 Å². The molecule has 2 aliphatic heterocycles. The van der Waals surface area contributed by atoms with Gasteiger partial charge in [0.1, 0.15) is 31.0 Å². The second kappa shape index (κ2) is 13.2. The number of rotatable bonds is 9. The van der Waals surface area contributed by atoms with Gasteiger partial charge in [-0.05, 0) is 17.6 Å². The standard InChI is InChI=1S/C28H32O11/c1-35-26(34)19-15-37-27(39-28-25(33)24(32)23(31)20(13-29)38-28)22-17(11-12-18(19)22)14-36-21(30)10-6-5-9-16-7-3-2-4-8-16/h2-11,15,18,20,22-25,27-29,31-33H,12-14H2,1H3. The maximum Gasteiger partial charge on any atom is 0.337 e. The number of carbonyl (C=O) groups is 2. The molecule has 1 saturated heterocycles. The van der Waals surface area contributed by atoms with Crippen LogP contribution in [0.3, 0.4) is 0 Å². The summed E-state index contributed by atoms with van der Waals surface area (Å²) in [6.07, 6.45) is 1.28. The monoisotopic (exact) mass is 544 g/mol. The van der Waals surface area contributed by atoms with E-state index in [1.54, 1.807) is 12.2 Å². The minimum Gasteiger partial charge on any atom is -0.471 e. The van der Waals surface area contributed by atoms with E-state index in [4.69, 9.17) is 23.7 Å². The van der Waals surface area contributed by atoms with Crippen LogP contribution in [-0.4, -0.2) is 89.7 Å². The summed E-state index contributed by atoms with van der Waals surface area (Å²) in [4.78, 5) is 24.7. The number of allylic oxidation sites excluding steroid dienone is 3. The summed E-state index contributed by atoms with van der Waals surface area (Å²) in [5.74, 6) is -2.22. The van der Waals surface area contributed by atoms with Crippen LogP contribution in [-0.2, 0) is 33.3 Å². The second-order valence-electron chi connectivity index (χ2n) is 9.29. The van der Waals surface area contributed by atoms with Crippen LogP contribution in [0.5, 0.6) is 0 Å². The van der Waals surface area contributed by atoms with E-state index in [2.05, 4.69) is 0 Å². The van der Waals surface area contributed by atoms with Gasteiger partial charge in [-0.3, -0.25) is 0 Å². The van der Waals surface area contributed by atoms with Gasteiger partial charge in [0.2, 0.25) is 6.29 Å². The second-order valence-corrected chi connectivity index (χ2v) is 9.29. The topological polar surface area (TPSA) is 161 Å². The number of benzene rings is 1. The predicted molar refractivity (Wildman–Crippen MR) is 135 cm³/mol. The molecule has 0 saturated carbocycles. The molecule has 0 amide bonds. The average Bonchev–Trinajstić information content (AvgIpc) is 3.39. The van der Waals surface area contributed by atoms with E-state index in [9.17, 15) is 30.0 Å². The summed E-state index contributed by atoms with van der Waals surface area (Å²) in [5, 5.41) is 40.0. The molecule has 0 bridgehead atoms. The molecule has 0 aromatic heterocycles. The van der Waals surface area contributed by atoms with Crippen LogP contribution in [0.4, 0.5) is 0 Å². The molecule has 0 radical (unpaired) electrons. The lowest BCUT2D eigenvalue weighted by molar-refractivity contribution is -0.339. The molecular weight excluding hydrogens is 512 g/mol. The Labute approximate surface area is 225 Å². The summed E-state index contributed by atoms with van der Waals surface area (Å²) in [7, 11) is 1.25. The Morgan fingerprint density at radius 2 is 1.82 bits per heavy atom. The van der Waals surface area contributed by atoms with E-state index in [1.165, 1.54) is 19.4 Å². The van der Waals surface area contributed by atoms with Gasteiger partial charge in [0, 0.05) is 12.0 Å². The SMILES string of the molecule is COC(=O)C1=COC(OC2OC(CO)C(O)C(O)C2O)C2C(COC(=O)C=CC=Cc3ccccc3)=CCC12. The van der Waals surface area contributed by atoms with Crippen LogP contribution in [0.1, 0.15) is 12.0 Å². The Morgan fingerprint density at radius 3 is 2.54 bits per heavy atom. The summed E-state index contributed by atoms with van der Waals surface area (Å²) in [6, 6.07) is 9.58. The summed E-state index contributed by atoms with van der Waals surface area (Å²) in [5.41, 5.74) is 1.86. The quantitative estimate of drug-likeness (QED) is 0.149. The number of methoxy groups -OCH3 is 1. The van der Waals surface area contributed by atoms with Crippen LogP contribution in [0.2, 0.25) is 0 Å². The van der Waals surface area contributed by atoms with Crippen LogP contribution < -0.4 is 0 Å². The van der Waals surface area contributed by atoms with Crippen molar-refractivity contribution in [2.75, 3.05) is 20.3 Å². The molecule has 0 spiro atoms. The fourth-order valence-electron chi connectivity index (χ4n) is 4.79. The smallest absolute Gasteiger partial charge is 0.337 e. The van der Waals surface area contributed by atoms with Crippen molar-refractivity contribution in [3.05, 3.63) is 77.6 Å². The van der Waals surface area contributed by atoms with Gasteiger partial charge in [-0.15, -0.1) is 0 Å². The van der Waals surface area contributed by atoms with E-state index in [-0.39, 0.29) is 12.2 Å². The van der Waals surface area contributed by atoms with Gasteiger partial charge in [0.05, 0.1) is 31.5 Å². The first-order chi connectivity index (χ1) is 18.8. The number of ether oxygens (including phenoxy) is 5. The van der Waals surface area contributed by atoms with Crippen LogP contribution in [0.25, 0.3) is 6.08 Å². The van der Waals surface area contributed by atoms with Crippen molar-refractivity contribution in [2.24, 2.45) is 11.8 Å². The highest BCUT2D eigenvalue weighted by atomic mass is 16.8. The van der Waals surface area contributed by atoms with E-state index < -0.39 is 67.4 Å². The highest BCUT2D eigenvalue weighted by Crippen LogP contribution is 2.44. The third kappa shape index (κ3) is 6.64. The van der Waals surface area contributed by atoms with Crippen molar-refractivity contribution in [3.8, 4) is 0 Å². The zero-order valence-electron chi connectivity index (χ0n) is 21.2. The number of carbonyl (C=O) groups excluding carboxylic acids is 2. The molecule has 4 rings (SSSR count). The number of aliphatic hydroxyl groups is 4. The molecule has 1 aromatic rings. The van der Waals surface area contributed by atoms with Gasteiger partial charge in [0.15, 0.2) is 6.29 Å². The molecule has 1 fully saturated rings. The minimum atomic E-state index is -1.64. The van der Waals surface area contributed by atoms with Gasteiger partial charge < -0.3 is 44.1 Å². The van der Waals surface area contributed by atoms with Crippen molar-refractivity contribution in [3.63, 3.8) is 0 Å². The Balaban J connectivity index is 1.43. The molecule has 210 valence electrons. The number of aliphatic hydroxyl groups excluding tert-OH is 4. The number of hydrogen-bond acceptors (Lipinski definition) is 11. The van der Waals surface area contributed by atoms with E-state index >= 15 is 0 Å². The third-order valence-electron chi connectivity index (χ3n) is 6.87.